The van der Waals surface area contributed by atoms with Crippen molar-refractivity contribution in [2.24, 2.45) is 4.99 Å². The van der Waals surface area contributed by atoms with Crippen molar-refractivity contribution < 1.29 is 4.79 Å². The van der Waals surface area contributed by atoms with E-state index >= 15 is 0 Å². The number of rotatable bonds is 3. The van der Waals surface area contributed by atoms with E-state index in [0.29, 0.717) is 0 Å². The molecule has 8 heteroatoms. The number of imidazole rings is 1. The van der Waals surface area contributed by atoms with Crippen molar-refractivity contribution in [2.45, 2.75) is 37.8 Å². The van der Waals surface area contributed by atoms with Gasteiger partial charge >= 0.3 is 6.03 Å². The molecule has 29 heavy (non-hydrogen) atoms. The summed E-state index contributed by atoms with van der Waals surface area (Å²) in [7, 11) is 0. The lowest BCUT2D eigenvalue weighted by atomic mass is 10.0. The lowest BCUT2D eigenvalue weighted by Crippen LogP contribution is -2.29. The molecular formula is C21H19Br2N5O. The molecule has 2 aromatic carbocycles. The number of nitrogens with zero attached hydrogens (tertiary/aromatic N) is 3. The van der Waals surface area contributed by atoms with Gasteiger partial charge in [-0.2, -0.15) is 0 Å². The van der Waals surface area contributed by atoms with Crippen LogP contribution in [0.25, 0.3) is 11.0 Å². The van der Waals surface area contributed by atoms with Crippen molar-refractivity contribution in [2.75, 3.05) is 4.90 Å². The number of hydrogen-bond acceptors (Lipinski definition) is 3. The molecular weight excluding hydrogens is 498 g/mol. The fourth-order valence-corrected chi connectivity index (χ4v) is 5.52. The summed E-state index contributed by atoms with van der Waals surface area (Å²) in [5.41, 5.74) is 3.56. The molecule has 5 rings (SSSR count). The first-order valence-corrected chi connectivity index (χ1v) is 11.2. The average Bonchev–Trinajstić information content (AvgIpc) is 3.40. The third kappa shape index (κ3) is 3.59. The molecule has 1 saturated carbocycles. The molecule has 0 spiro atoms. The van der Waals surface area contributed by atoms with E-state index < -0.39 is 0 Å². The van der Waals surface area contributed by atoms with Gasteiger partial charge in [0.15, 0.2) is 0 Å². The van der Waals surface area contributed by atoms with Gasteiger partial charge < -0.3 is 4.98 Å². The number of carbonyl (C=O) groups excluding carboxylic acids is 1. The van der Waals surface area contributed by atoms with Crippen molar-refractivity contribution in [1.82, 2.24) is 15.3 Å². The minimum Gasteiger partial charge on any atom is -0.345 e. The maximum atomic E-state index is 13.1. The van der Waals surface area contributed by atoms with Crippen LogP contribution >= 0.6 is 31.9 Å². The normalized spacial score (nSPS) is 21.4. The fourth-order valence-electron chi connectivity index (χ4n) is 4.19. The number of amides is 2. The summed E-state index contributed by atoms with van der Waals surface area (Å²) in [6.07, 6.45) is 6.21. The smallest absolute Gasteiger partial charge is 0.328 e. The molecule has 2 amide bonds. The van der Waals surface area contributed by atoms with E-state index in [9.17, 15) is 4.79 Å². The number of amidine groups is 1. The maximum Gasteiger partial charge on any atom is 0.328 e. The van der Waals surface area contributed by atoms with Gasteiger partial charge in [0, 0.05) is 14.6 Å². The van der Waals surface area contributed by atoms with Crippen molar-refractivity contribution in [3.8, 4) is 0 Å². The highest BCUT2D eigenvalue weighted by Gasteiger charge is 2.39. The number of fused-ring (bicyclic) bond motifs is 1. The van der Waals surface area contributed by atoms with Gasteiger partial charge in [0.05, 0.1) is 23.4 Å². The Labute approximate surface area is 185 Å². The van der Waals surface area contributed by atoms with Gasteiger partial charge in [0.2, 0.25) is 0 Å². The predicted octanol–water partition coefficient (Wildman–Crippen LogP) is 5.70. The SMILES string of the molecule is O=C1NC(=NC2CCCC2)C(c2cc(Br)cc(Br)c2)N1c1ccc2nc[nH]c2c1. The summed E-state index contributed by atoms with van der Waals surface area (Å²) >= 11 is 7.16. The monoisotopic (exact) mass is 515 g/mol. The van der Waals surface area contributed by atoms with Gasteiger partial charge in [-0.3, -0.25) is 15.2 Å². The number of halogens is 2. The average molecular weight is 517 g/mol. The van der Waals surface area contributed by atoms with E-state index in [0.717, 1.165) is 49.9 Å². The van der Waals surface area contributed by atoms with Crippen molar-refractivity contribution in [1.29, 1.82) is 0 Å². The first-order chi connectivity index (χ1) is 14.1. The van der Waals surface area contributed by atoms with E-state index in [1.807, 2.05) is 36.4 Å². The Kier molecular flexibility index (Phi) is 4.91. The molecule has 1 aromatic heterocycles. The molecule has 2 N–H and O–H groups in total. The molecule has 148 valence electrons. The number of anilines is 1. The molecule has 2 heterocycles. The third-order valence-corrected chi connectivity index (χ3v) is 6.42. The Morgan fingerprint density at radius 3 is 2.59 bits per heavy atom. The highest BCUT2D eigenvalue weighted by Crippen LogP contribution is 2.36. The standard InChI is InChI=1S/C21H19Br2N5O/c22-13-7-12(8-14(23)9-13)19-20(26-15-3-1-2-4-15)27-21(29)28(19)16-5-6-17-18(10-16)25-11-24-17/h5-11,15,19H,1-4H2,(H,24,25)(H,26,27,29). The third-order valence-electron chi connectivity index (χ3n) is 5.50. The van der Waals surface area contributed by atoms with E-state index in [2.05, 4.69) is 47.1 Å². The zero-order valence-corrected chi connectivity index (χ0v) is 18.7. The predicted molar refractivity (Wildman–Crippen MR) is 121 cm³/mol. The Balaban J connectivity index is 1.63. The van der Waals surface area contributed by atoms with Gasteiger partial charge in [-0.1, -0.05) is 44.7 Å². The lowest BCUT2D eigenvalue weighted by molar-refractivity contribution is 0.252. The molecule has 1 aliphatic carbocycles. The second-order valence-electron chi connectivity index (χ2n) is 7.46. The van der Waals surface area contributed by atoms with Gasteiger partial charge in [-0.05, 0) is 54.8 Å². The van der Waals surface area contributed by atoms with Gasteiger partial charge in [0.25, 0.3) is 0 Å². The van der Waals surface area contributed by atoms with Crippen LogP contribution in [0.1, 0.15) is 37.3 Å². The summed E-state index contributed by atoms with van der Waals surface area (Å²) in [5.74, 6) is 0.719. The summed E-state index contributed by atoms with van der Waals surface area (Å²) in [6.45, 7) is 0. The molecule has 6 nitrogen and oxygen atoms in total. The number of carbonyl (C=O) groups is 1. The number of hydrogen-bond donors (Lipinski definition) is 2. The summed E-state index contributed by atoms with van der Waals surface area (Å²) in [6, 6.07) is 11.7. The van der Waals surface area contributed by atoms with Gasteiger partial charge in [-0.25, -0.2) is 9.78 Å². The molecule has 2 aliphatic rings. The number of H-pyrrole nitrogens is 1. The molecule has 1 unspecified atom stereocenters. The number of aromatic amines is 1. The van der Waals surface area contributed by atoms with E-state index in [1.54, 1.807) is 11.2 Å². The van der Waals surface area contributed by atoms with Crippen LogP contribution in [-0.2, 0) is 0 Å². The molecule has 1 saturated heterocycles. The molecule has 3 aromatic rings. The number of urea groups is 1. The molecule has 2 fully saturated rings. The minimum atomic E-state index is -0.308. The first-order valence-electron chi connectivity index (χ1n) is 9.65. The van der Waals surface area contributed by atoms with E-state index in [-0.39, 0.29) is 18.1 Å². The van der Waals surface area contributed by atoms with Crippen LogP contribution in [-0.4, -0.2) is 27.9 Å². The van der Waals surface area contributed by atoms with Crippen molar-refractivity contribution in [3.05, 3.63) is 57.2 Å². The quantitative estimate of drug-likeness (QED) is 0.468. The van der Waals surface area contributed by atoms with Gasteiger partial charge in [0.1, 0.15) is 11.9 Å². The Hall–Kier alpha value is -2.19. The molecule has 0 radical (unpaired) electrons. The lowest BCUT2D eigenvalue weighted by Gasteiger charge is -2.24. The zero-order valence-electron chi connectivity index (χ0n) is 15.5. The van der Waals surface area contributed by atoms with E-state index in [4.69, 9.17) is 4.99 Å². The maximum absolute atomic E-state index is 13.1. The number of benzene rings is 2. The van der Waals surface area contributed by atoms with Gasteiger partial charge in [-0.15, -0.1) is 0 Å². The number of nitrogens with one attached hydrogen (secondary N) is 2. The summed E-state index contributed by atoms with van der Waals surface area (Å²) in [4.78, 5) is 27.2. The second-order valence-corrected chi connectivity index (χ2v) is 9.29. The minimum absolute atomic E-state index is 0.165. The van der Waals surface area contributed by atoms with Crippen LogP contribution in [0.5, 0.6) is 0 Å². The molecule has 0 bridgehead atoms. The Bertz CT molecular complexity index is 1100. The Morgan fingerprint density at radius 1 is 1.07 bits per heavy atom. The van der Waals surface area contributed by atoms with Crippen LogP contribution in [0.3, 0.4) is 0 Å². The van der Waals surface area contributed by atoms with Crippen LogP contribution in [0.4, 0.5) is 10.5 Å². The molecule has 1 atom stereocenters. The largest absolute Gasteiger partial charge is 0.345 e. The zero-order chi connectivity index (χ0) is 20.0. The topological polar surface area (TPSA) is 73.4 Å². The second kappa shape index (κ2) is 7.57. The summed E-state index contributed by atoms with van der Waals surface area (Å²) in [5, 5.41) is 3.04. The molecule has 1 aliphatic heterocycles. The number of aliphatic imine (C=N–C) groups is 1. The van der Waals surface area contributed by atoms with Crippen molar-refractivity contribution in [3.63, 3.8) is 0 Å². The van der Waals surface area contributed by atoms with Crippen LogP contribution in [0.2, 0.25) is 0 Å². The van der Waals surface area contributed by atoms with Crippen LogP contribution in [0.15, 0.2) is 56.7 Å². The van der Waals surface area contributed by atoms with Crippen LogP contribution in [0, 0.1) is 0 Å². The summed E-state index contributed by atoms with van der Waals surface area (Å²) < 4.78 is 1.90. The Morgan fingerprint density at radius 2 is 1.83 bits per heavy atom. The number of aromatic nitrogens is 2. The highest BCUT2D eigenvalue weighted by atomic mass is 79.9. The highest BCUT2D eigenvalue weighted by molar-refractivity contribution is 9.11. The van der Waals surface area contributed by atoms with E-state index in [1.165, 1.54) is 12.8 Å². The van der Waals surface area contributed by atoms with Crippen LogP contribution < -0.4 is 10.2 Å². The first kappa shape index (κ1) is 18.8. The fraction of sp³-hybridized carbons (Fsp3) is 0.286. The van der Waals surface area contributed by atoms with Crippen molar-refractivity contribution >= 4 is 60.4 Å².